The van der Waals surface area contributed by atoms with E-state index in [1.807, 2.05) is 24.3 Å². The highest BCUT2D eigenvalue weighted by molar-refractivity contribution is 6.31. The highest BCUT2D eigenvalue weighted by Gasteiger charge is 2.09. The molecule has 2 aromatic carbocycles. The van der Waals surface area contributed by atoms with E-state index in [0.29, 0.717) is 16.5 Å². The molecule has 5 heteroatoms. The minimum absolute atomic E-state index is 0.138. The van der Waals surface area contributed by atoms with E-state index in [9.17, 15) is 4.79 Å². The number of halogens is 1. The van der Waals surface area contributed by atoms with Gasteiger partial charge in [0.1, 0.15) is 11.5 Å². The molecule has 0 atom stereocenters. The van der Waals surface area contributed by atoms with Gasteiger partial charge in [-0.25, -0.2) is 0 Å². The van der Waals surface area contributed by atoms with Crippen molar-refractivity contribution in [1.29, 1.82) is 0 Å². The highest BCUT2D eigenvalue weighted by Crippen LogP contribution is 2.27. The monoisotopic (exact) mass is 305 g/mol. The zero-order valence-electron chi connectivity index (χ0n) is 11.9. The van der Waals surface area contributed by atoms with Gasteiger partial charge in [-0.1, -0.05) is 23.7 Å². The van der Waals surface area contributed by atoms with Gasteiger partial charge in [-0.05, 0) is 35.9 Å². The first kappa shape index (κ1) is 15.2. The minimum atomic E-state index is -0.138. The number of ether oxygens (including phenoxy) is 2. The molecular formula is C16H16ClNO3. The first-order valence-corrected chi connectivity index (χ1v) is 6.76. The van der Waals surface area contributed by atoms with Crippen LogP contribution >= 0.6 is 11.6 Å². The Hall–Kier alpha value is -2.20. The third kappa shape index (κ3) is 4.13. The summed E-state index contributed by atoms with van der Waals surface area (Å²) in [6.07, 6.45) is 0.264. The Morgan fingerprint density at radius 2 is 1.81 bits per heavy atom. The normalized spacial score (nSPS) is 10.0. The van der Waals surface area contributed by atoms with Crippen LogP contribution in [-0.2, 0) is 11.2 Å². The van der Waals surface area contributed by atoms with E-state index < -0.39 is 0 Å². The van der Waals surface area contributed by atoms with Crippen molar-refractivity contribution in [2.45, 2.75) is 6.42 Å². The summed E-state index contributed by atoms with van der Waals surface area (Å²) in [6.45, 7) is 0. The summed E-state index contributed by atoms with van der Waals surface area (Å²) in [7, 11) is 3.15. The first-order valence-electron chi connectivity index (χ1n) is 6.38. The Morgan fingerprint density at radius 1 is 1.10 bits per heavy atom. The van der Waals surface area contributed by atoms with Gasteiger partial charge >= 0.3 is 0 Å². The summed E-state index contributed by atoms with van der Waals surface area (Å²) >= 11 is 5.93. The fraction of sp³-hybridized carbons (Fsp3) is 0.188. The summed E-state index contributed by atoms with van der Waals surface area (Å²) in [5, 5.41) is 3.34. The zero-order valence-corrected chi connectivity index (χ0v) is 12.6. The quantitative estimate of drug-likeness (QED) is 0.919. The van der Waals surface area contributed by atoms with Crippen LogP contribution < -0.4 is 14.8 Å². The third-order valence-electron chi connectivity index (χ3n) is 2.96. The van der Waals surface area contributed by atoms with Gasteiger partial charge in [0, 0.05) is 5.02 Å². The first-order chi connectivity index (χ1) is 10.1. The van der Waals surface area contributed by atoms with Crippen molar-refractivity contribution in [3.8, 4) is 11.5 Å². The van der Waals surface area contributed by atoms with Crippen LogP contribution in [0.2, 0.25) is 5.02 Å². The highest BCUT2D eigenvalue weighted by atomic mass is 35.5. The molecule has 0 saturated heterocycles. The van der Waals surface area contributed by atoms with Crippen molar-refractivity contribution >= 4 is 23.2 Å². The SMILES string of the molecule is COc1ccc(CC(=O)Nc2cc(Cl)ccc2OC)cc1. The molecule has 0 aliphatic rings. The van der Waals surface area contributed by atoms with E-state index in [0.717, 1.165) is 11.3 Å². The summed E-state index contributed by atoms with van der Waals surface area (Å²) in [5.41, 5.74) is 1.46. The summed E-state index contributed by atoms with van der Waals surface area (Å²) in [5.74, 6) is 1.19. The van der Waals surface area contributed by atoms with Gasteiger partial charge in [0.25, 0.3) is 0 Å². The van der Waals surface area contributed by atoms with Crippen LogP contribution in [0, 0.1) is 0 Å². The average molecular weight is 306 g/mol. The average Bonchev–Trinajstić information content (AvgIpc) is 2.48. The maximum absolute atomic E-state index is 12.1. The topological polar surface area (TPSA) is 47.6 Å². The Balaban J connectivity index is 2.05. The largest absolute Gasteiger partial charge is 0.497 e. The molecule has 0 aromatic heterocycles. The van der Waals surface area contributed by atoms with Gasteiger partial charge < -0.3 is 14.8 Å². The van der Waals surface area contributed by atoms with E-state index in [4.69, 9.17) is 21.1 Å². The fourth-order valence-corrected chi connectivity index (χ4v) is 2.07. The fourth-order valence-electron chi connectivity index (χ4n) is 1.90. The van der Waals surface area contributed by atoms with Crippen LogP contribution in [0.5, 0.6) is 11.5 Å². The standard InChI is InChI=1S/C16H16ClNO3/c1-20-13-6-3-11(4-7-13)9-16(19)18-14-10-12(17)5-8-15(14)21-2/h3-8,10H,9H2,1-2H3,(H,18,19). The van der Waals surface area contributed by atoms with Crippen LogP contribution in [0.25, 0.3) is 0 Å². The molecular weight excluding hydrogens is 290 g/mol. The number of rotatable bonds is 5. The molecule has 2 rings (SSSR count). The van der Waals surface area contributed by atoms with E-state index in [2.05, 4.69) is 5.32 Å². The van der Waals surface area contributed by atoms with Gasteiger partial charge in [0.15, 0.2) is 0 Å². The maximum Gasteiger partial charge on any atom is 0.228 e. The molecule has 0 unspecified atom stereocenters. The van der Waals surface area contributed by atoms with Gasteiger partial charge in [0.05, 0.1) is 26.3 Å². The van der Waals surface area contributed by atoms with Crippen LogP contribution in [0.15, 0.2) is 42.5 Å². The van der Waals surface area contributed by atoms with Gasteiger partial charge in [-0.3, -0.25) is 4.79 Å². The second-order valence-electron chi connectivity index (χ2n) is 4.42. The van der Waals surface area contributed by atoms with Gasteiger partial charge in [0.2, 0.25) is 5.91 Å². The Bertz CT molecular complexity index is 626. The van der Waals surface area contributed by atoms with Crippen molar-refractivity contribution in [3.05, 3.63) is 53.1 Å². The van der Waals surface area contributed by atoms with Crippen molar-refractivity contribution in [2.24, 2.45) is 0 Å². The molecule has 0 saturated carbocycles. The van der Waals surface area contributed by atoms with Crippen molar-refractivity contribution in [3.63, 3.8) is 0 Å². The van der Waals surface area contributed by atoms with Crippen molar-refractivity contribution in [2.75, 3.05) is 19.5 Å². The van der Waals surface area contributed by atoms with E-state index in [-0.39, 0.29) is 12.3 Å². The van der Waals surface area contributed by atoms with Crippen LogP contribution in [0.1, 0.15) is 5.56 Å². The zero-order chi connectivity index (χ0) is 15.2. The molecule has 110 valence electrons. The summed E-state index contributed by atoms with van der Waals surface area (Å²) in [4.78, 5) is 12.1. The molecule has 2 aromatic rings. The third-order valence-corrected chi connectivity index (χ3v) is 3.19. The molecule has 0 heterocycles. The van der Waals surface area contributed by atoms with E-state index >= 15 is 0 Å². The van der Waals surface area contributed by atoms with Gasteiger partial charge in [-0.2, -0.15) is 0 Å². The second-order valence-corrected chi connectivity index (χ2v) is 4.85. The van der Waals surface area contributed by atoms with Crippen LogP contribution in [0.3, 0.4) is 0 Å². The number of hydrogen-bond donors (Lipinski definition) is 1. The number of methoxy groups -OCH3 is 2. The number of amides is 1. The molecule has 1 N–H and O–H groups in total. The lowest BCUT2D eigenvalue weighted by Gasteiger charge is -2.10. The number of carbonyl (C=O) groups is 1. The molecule has 1 amide bonds. The lowest BCUT2D eigenvalue weighted by molar-refractivity contribution is -0.115. The molecule has 0 spiro atoms. The smallest absolute Gasteiger partial charge is 0.228 e. The van der Waals surface area contributed by atoms with E-state index in [1.54, 1.807) is 32.4 Å². The Labute approximate surface area is 128 Å². The minimum Gasteiger partial charge on any atom is -0.497 e. The molecule has 0 fully saturated rings. The molecule has 0 aliphatic heterocycles. The second kappa shape index (κ2) is 6.99. The Kier molecular flexibility index (Phi) is 5.06. The van der Waals surface area contributed by atoms with Crippen molar-refractivity contribution < 1.29 is 14.3 Å². The van der Waals surface area contributed by atoms with E-state index in [1.165, 1.54) is 0 Å². The summed E-state index contributed by atoms with van der Waals surface area (Å²) in [6, 6.07) is 12.4. The number of carbonyl (C=O) groups excluding carboxylic acids is 1. The molecule has 21 heavy (non-hydrogen) atoms. The molecule has 4 nitrogen and oxygen atoms in total. The van der Waals surface area contributed by atoms with Crippen LogP contribution in [-0.4, -0.2) is 20.1 Å². The maximum atomic E-state index is 12.1. The molecule has 0 bridgehead atoms. The lowest BCUT2D eigenvalue weighted by atomic mass is 10.1. The summed E-state index contributed by atoms with van der Waals surface area (Å²) < 4.78 is 10.3. The number of benzene rings is 2. The molecule has 0 aliphatic carbocycles. The van der Waals surface area contributed by atoms with Crippen molar-refractivity contribution in [1.82, 2.24) is 0 Å². The predicted molar refractivity (Wildman–Crippen MR) is 83.3 cm³/mol. The van der Waals surface area contributed by atoms with Gasteiger partial charge in [-0.15, -0.1) is 0 Å². The predicted octanol–water partition coefficient (Wildman–Crippen LogP) is 3.54. The Morgan fingerprint density at radius 3 is 2.43 bits per heavy atom. The molecule has 0 radical (unpaired) electrons. The van der Waals surface area contributed by atoms with Crippen LogP contribution in [0.4, 0.5) is 5.69 Å². The number of anilines is 1. The lowest BCUT2D eigenvalue weighted by Crippen LogP contribution is -2.15. The number of hydrogen-bond acceptors (Lipinski definition) is 3. The number of nitrogens with one attached hydrogen (secondary N) is 1.